The topological polar surface area (TPSA) is 82.4 Å². The molecule has 1 heterocycles. The molecule has 0 saturated carbocycles. The van der Waals surface area contributed by atoms with Crippen molar-refractivity contribution in [3.8, 4) is 6.07 Å². The average molecular weight is 271 g/mol. The van der Waals surface area contributed by atoms with Gasteiger partial charge in [-0.15, -0.1) is 11.8 Å². The summed E-state index contributed by atoms with van der Waals surface area (Å²) in [6.45, 7) is 5.10. The molecule has 0 aromatic carbocycles. The van der Waals surface area contributed by atoms with Crippen LogP contribution in [0.1, 0.15) is 20.8 Å². The highest BCUT2D eigenvalue weighted by Gasteiger charge is 2.29. The van der Waals surface area contributed by atoms with Crippen molar-refractivity contribution >= 4 is 23.8 Å². The lowest BCUT2D eigenvalue weighted by atomic mass is 10.2. The molecule has 0 bridgehead atoms. The van der Waals surface area contributed by atoms with Crippen molar-refractivity contribution in [3.05, 3.63) is 0 Å². The molecule has 0 aromatic rings. The number of alkyl carbamates (subject to hydrolysis) is 1. The largest absolute Gasteiger partial charge is 0.444 e. The van der Waals surface area contributed by atoms with Crippen LogP contribution in [0, 0.1) is 11.3 Å². The molecule has 0 spiro atoms. The van der Waals surface area contributed by atoms with Gasteiger partial charge in [-0.3, -0.25) is 4.79 Å². The lowest BCUT2D eigenvalue weighted by Crippen LogP contribution is -2.43. The molecule has 1 atom stereocenters. The molecule has 7 heteroatoms. The fourth-order valence-corrected chi connectivity index (χ4v) is 2.46. The fraction of sp³-hybridized carbons (Fsp3) is 0.727. The zero-order valence-corrected chi connectivity index (χ0v) is 11.5. The minimum absolute atomic E-state index is 0.145. The molecular formula is C11H17N3O3S. The van der Waals surface area contributed by atoms with Crippen molar-refractivity contribution in [3.63, 3.8) is 0 Å². The van der Waals surface area contributed by atoms with Crippen LogP contribution < -0.4 is 5.32 Å². The number of carbonyl (C=O) groups is 2. The summed E-state index contributed by atoms with van der Waals surface area (Å²) in [6, 6.07) is 1.66. The lowest BCUT2D eigenvalue weighted by molar-refractivity contribution is -0.129. The molecule has 1 aliphatic heterocycles. The molecule has 2 amide bonds. The Labute approximate surface area is 111 Å². The smallest absolute Gasteiger partial charge is 0.408 e. The third-order valence-corrected chi connectivity index (χ3v) is 3.15. The Morgan fingerprint density at radius 2 is 2.22 bits per heavy atom. The Bertz CT molecular complexity index is 373. The van der Waals surface area contributed by atoms with Gasteiger partial charge >= 0.3 is 6.09 Å². The van der Waals surface area contributed by atoms with Crippen molar-refractivity contribution in [2.24, 2.45) is 0 Å². The van der Waals surface area contributed by atoms with Gasteiger partial charge in [-0.2, -0.15) is 5.26 Å². The predicted molar refractivity (Wildman–Crippen MR) is 67.8 cm³/mol. The zero-order valence-electron chi connectivity index (χ0n) is 10.7. The van der Waals surface area contributed by atoms with Gasteiger partial charge in [0.15, 0.2) is 0 Å². The number of nitrogens with zero attached hydrogens (tertiary/aromatic N) is 2. The van der Waals surface area contributed by atoms with Gasteiger partial charge in [0.05, 0.1) is 11.9 Å². The Kier molecular flexibility index (Phi) is 4.84. The molecule has 0 radical (unpaired) electrons. The Balaban J connectivity index is 2.38. The summed E-state index contributed by atoms with van der Waals surface area (Å²) in [5.74, 6) is 0.847. The van der Waals surface area contributed by atoms with Gasteiger partial charge in [0.1, 0.15) is 18.2 Å². The van der Waals surface area contributed by atoms with E-state index in [0.29, 0.717) is 11.6 Å². The van der Waals surface area contributed by atoms with Crippen molar-refractivity contribution < 1.29 is 14.3 Å². The van der Waals surface area contributed by atoms with E-state index >= 15 is 0 Å². The van der Waals surface area contributed by atoms with E-state index in [4.69, 9.17) is 10.00 Å². The van der Waals surface area contributed by atoms with Gasteiger partial charge in [0, 0.05) is 5.75 Å². The Morgan fingerprint density at radius 1 is 1.56 bits per heavy atom. The summed E-state index contributed by atoms with van der Waals surface area (Å²) in [6.07, 6.45) is -0.629. The van der Waals surface area contributed by atoms with E-state index in [1.165, 1.54) is 16.7 Å². The summed E-state index contributed by atoms with van der Waals surface area (Å²) in [7, 11) is 0. The monoisotopic (exact) mass is 271 g/mol. The number of rotatable bonds is 2. The van der Waals surface area contributed by atoms with Gasteiger partial charge in [0.2, 0.25) is 5.91 Å². The SMILES string of the molecule is CC(C)(C)OC(=O)NCC(=O)N1CSC[C@H]1C#N. The standard InChI is InChI=1S/C11H17N3O3S/c1-11(2,3)17-10(16)13-5-9(15)14-7-18-6-8(14)4-12/h8H,5-7H2,1-3H3,(H,13,16)/t8-/m1/s1. The highest BCUT2D eigenvalue weighted by Crippen LogP contribution is 2.19. The maximum Gasteiger partial charge on any atom is 0.408 e. The van der Waals surface area contributed by atoms with Crippen LogP contribution in [0.4, 0.5) is 4.79 Å². The lowest BCUT2D eigenvalue weighted by Gasteiger charge is -2.21. The van der Waals surface area contributed by atoms with E-state index in [9.17, 15) is 9.59 Å². The van der Waals surface area contributed by atoms with Crippen LogP contribution in [0.25, 0.3) is 0 Å². The third-order valence-electron chi connectivity index (χ3n) is 2.13. The fourth-order valence-electron chi connectivity index (χ4n) is 1.36. The van der Waals surface area contributed by atoms with Crippen LogP contribution in [0.3, 0.4) is 0 Å². The van der Waals surface area contributed by atoms with Crippen LogP contribution in [-0.4, -0.2) is 46.7 Å². The summed E-state index contributed by atoms with van der Waals surface area (Å²) >= 11 is 1.53. The summed E-state index contributed by atoms with van der Waals surface area (Å²) in [4.78, 5) is 24.6. The first-order valence-corrected chi connectivity index (χ1v) is 6.72. The first-order chi connectivity index (χ1) is 8.33. The minimum Gasteiger partial charge on any atom is -0.444 e. The number of thioether (sulfide) groups is 1. The minimum atomic E-state index is -0.629. The number of amides is 2. The van der Waals surface area contributed by atoms with Crippen molar-refractivity contribution in [1.29, 1.82) is 5.26 Å². The number of nitriles is 1. The number of ether oxygens (including phenoxy) is 1. The van der Waals surface area contributed by atoms with Gasteiger partial charge in [0.25, 0.3) is 0 Å². The first kappa shape index (κ1) is 14.6. The quantitative estimate of drug-likeness (QED) is 0.808. The van der Waals surface area contributed by atoms with Crippen molar-refractivity contribution in [2.75, 3.05) is 18.2 Å². The van der Waals surface area contributed by atoms with E-state index in [1.807, 2.05) is 0 Å². The van der Waals surface area contributed by atoms with Crippen molar-refractivity contribution in [2.45, 2.75) is 32.4 Å². The summed E-state index contributed by atoms with van der Waals surface area (Å²) < 4.78 is 5.01. The van der Waals surface area contributed by atoms with E-state index in [-0.39, 0.29) is 12.5 Å². The maximum absolute atomic E-state index is 11.8. The van der Waals surface area contributed by atoms with Crippen LogP contribution >= 0.6 is 11.8 Å². The van der Waals surface area contributed by atoms with E-state index in [1.54, 1.807) is 20.8 Å². The molecule has 100 valence electrons. The second kappa shape index (κ2) is 5.96. The van der Waals surface area contributed by atoms with E-state index < -0.39 is 17.7 Å². The first-order valence-electron chi connectivity index (χ1n) is 5.57. The molecule has 1 N–H and O–H groups in total. The highest BCUT2D eigenvalue weighted by atomic mass is 32.2. The van der Waals surface area contributed by atoms with Gasteiger partial charge < -0.3 is 15.0 Å². The van der Waals surface area contributed by atoms with E-state index in [2.05, 4.69) is 11.4 Å². The molecule has 1 rings (SSSR count). The molecule has 1 fully saturated rings. The van der Waals surface area contributed by atoms with Crippen LogP contribution in [0.5, 0.6) is 0 Å². The maximum atomic E-state index is 11.8. The van der Waals surface area contributed by atoms with Crippen molar-refractivity contribution in [1.82, 2.24) is 10.2 Å². The average Bonchev–Trinajstić information content (AvgIpc) is 2.71. The second-order valence-electron chi connectivity index (χ2n) is 4.86. The number of hydrogen-bond donors (Lipinski definition) is 1. The molecule has 18 heavy (non-hydrogen) atoms. The van der Waals surface area contributed by atoms with Gasteiger partial charge in [-0.05, 0) is 20.8 Å². The number of carbonyl (C=O) groups excluding carboxylic acids is 2. The van der Waals surface area contributed by atoms with E-state index in [0.717, 1.165) is 0 Å². The zero-order chi connectivity index (χ0) is 13.8. The number of hydrogen-bond acceptors (Lipinski definition) is 5. The molecule has 0 unspecified atom stereocenters. The van der Waals surface area contributed by atoms with Gasteiger partial charge in [-0.1, -0.05) is 0 Å². The second-order valence-corrected chi connectivity index (χ2v) is 5.86. The van der Waals surface area contributed by atoms with Crippen LogP contribution in [0.15, 0.2) is 0 Å². The molecule has 1 aliphatic rings. The highest BCUT2D eigenvalue weighted by molar-refractivity contribution is 7.99. The molecular weight excluding hydrogens is 254 g/mol. The summed E-state index contributed by atoms with van der Waals surface area (Å²) in [5.41, 5.74) is -0.591. The van der Waals surface area contributed by atoms with Crippen LogP contribution in [-0.2, 0) is 9.53 Å². The Morgan fingerprint density at radius 3 is 2.78 bits per heavy atom. The number of nitrogens with one attached hydrogen (secondary N) is 1. The molecule has 1 saturated heterocycles. The third kappa shape index (κ3) is 4.45. The molecule has 0 aliphatic carbocycles. The van der Waals surface area contributed by atoms with Crippen LogP contribution in [0.2, 0.25) is 0 Å². The Hall–Kier alpha value is -1.42. The normalized spacial score (nSPS) is 19.2. The molecule has 6 nitrogen and oxygen atoms in total. The predicted octanol–water partition coefficient (Wildman–Crippen LogP) is 0.936. The molecule has 0 aromatic heterocycles. The summed E-state index contributed by atoms with van der Waals surface area (Å²) in [5, 5.41) is 11.2. The van der Waals surface area contributed by atoms with Gasteiger partial charge in [-0.25, -0.2) is 4.79 Å².